The molecule has 0 amide bonds. The number of benzene rings is 1. The highest BCUT2D eigenvalue weighted by atomic mass is 16.1. The van der Waals surface area contributed by atoms with Crippen LogP contribution in [0.15, 0.2) is 36.5 Å². The average molecular weight is 240 g/mol. The Hall–Kier alpha value is -1.74. The quantitative estimate of drug-likeness (QED) is 0.838. The van der Waals surface area contributed by atoms with Crippen molar-refractivity contribution in [3.8, 4) is 0 Å². The van der Waals surface area contributed by atoms with Crippen LogP contribution >= 0.6 is 0 Å². The third-order valence-electron chi connectivity index (χ3n) is 3.58. The normalized spacial score (nSPS) is 19.2. The third-order valence-corrected chi connectivity index (χ3v) is 3.58. The van der Waals surface area contributed by atoms with Crippen molar-refractivity contribution < 1.29 is 4.79 Å². The molecule has 1 N–H and O–H groups in total. The lowest BCUT2D eigenvalue weighted by Gasteiger charge is -2.09. The van der Waals surface area contributed by atoms with E-state index in [1.807, 2.05) is 30.3 Å². The second kappa shape index (κ2) is 4.86. The Morgan fingerprint density at radius 3 is 3.11 bits per heavy atom. The molecule has 1 aliphatic rings. The van der Waals surface area contributed by atoms with E-state index < -0.39 is 0 Å². The molecule has 2 aromatic rings. The molecule has 1 aliphatic heterocycles. The number of carbonyl (C=O) groups excluding carboxylic acids is 1. The van der Waals surface area contributed by atoms with Gasteiger partial charge < -0.3 is 5.32 Å². The summed E-state index contributed by atoms with van der Waals surface area (Å²) in [5.41, 5.74) is 1.71. The molecule has 2 heterocycles. The minimum Gasteiger partial charge on any atom is -0.316 e. The minimum atomic E-state index is 0.238. The molecular formula is C15H16N2O. The first-order chi connectivity index (χ1) is 8.84. The molecular weight excluding hydrogens is 224 g/mol. The van der Waals surface area contributed by atoms with E-state index in [1.165, 1.54) is 0 Å². The van der Waals surface area contributed by atoms with Crippen LogP contribution in [-0.2, 0) is 0 Å². The summed E-state index contributed by atoms with van der Waals surface area (Å²) in [4.78, 5) is 16.7. The number of hydrogen-bond acceptors (Lipinski definition) is 3. The van der Waals surface area contributed by atoms with Crippen molar-refractivity contribution in [1.82, 2.24) is 10.3 Å². The Labute approximate surface area is 106 Å². The maximum absolute atomic E-state index is 12.4. The molecule has 1 unspecified atom stereocenters. The maximum Gasteiger partial charge on any atom is 0.163 e. The van der Waals surface area contributed by atoms with Gasteiger partial charge in [-0.15, -0.1) is 0 Å². The van der Waals surface area contributed by atoms with Gasteiger partial charge in [-0.05, 0) is 37.6 Å². The second-order valence-corrected chi connectivity index (χ2v) is 4.86. The lowest BCUT2D eigenvalue weighted by molar-refractivity contribution is 0.0966. The Bertz CT molecular complexity index is 568. The largest absolute Gasteiger partial charge is 0.316 e. The predicted molar refractivity (Wildman–Crippen MR) is 71.7 cm³/mol. The van der Waals surface area contributed by atoms with Gasteiger partial charge in [-0.25, -0.2) is 0 Å². The fourth-order valence-corrected chi connectivity index (χ4v) is 2.61. The van der Waals surface area contributed by atoms with Crippen molar-refractivity contribution in [2.75, 3.05) is 13.1 Å². The Morgan fingerprint density at radius 1 is 1.33 bits per heavy atom. The van der Waals surface area contributed by atoms with E-state index >= 15 is 0 Å². The summed E-state index contributed by atoms with van der Waals surface area (Å²) in [5, 5.41) is 4.27. The van der Waals surface area contributed by atoms with E-state index in [1.54, 1.807) is 6.20 Å². The molecule has 1 aromatic heterocycles. The summed E-state index contributed by atoms with van der Waals surface area (Å²) >= 11 is 0. The molecule has 3 rings (SSSR count). The van der Waals surface area contributed by atoms with Gasteiger partial charge in [0.25, 0.3) is 0 Å². The summed E-state index contributed by atoms with van der Waals surface area (Å²) in [6, 6.07) is 9.63. The SMILES string of the molecule is O=C(CC1CCNC1)c1cccc2ncccc12. The van der Waals surface area contributed by atoms with Gasteiger partial charge in [-0.3, -0.25) is 9.78 Å². The maximum atomic E-state index is 12.4. The van der Waals surface area contributed by atoms with E-state index in [2.05, 4.69) is 10.3 Å². The van der Waals surface area contributed by atoms with E-state index in [0.29, 0.717) is 12.3 Å². The van der Waals surface area contributed by atoms with Gasteiger partial charge in [0.2, 0.25) is 0 Å². The summed E-state index contributed by atoms with van der Waals surface area (Å²) < 4.78 is 0. The topological polar surface area (TPSA) is 42.0 Å². The van der Waals surface area contributed by atoms with Gasteiger partial charge in [-0.1, -0.05) is 18.2 Å². The van der Waals surface area contributed by atoms with Crippen LogP contribution in [0.3, 0.4) is 0 Å². The first-order valence-corrected chi connectivity index (χ1v) is 6.42. The molecule has 3 heteroatoms. The van der Waals surface area contributed by atoms with Crippen molar-refractivity contribution in [1.29, 1.82) is 0 Å². The average Bonchev–Trinajstić information content (AvgIpc) is 2.91. The summed E-state index contributed by atoms with van der Waals surface area (Å²) in [6.07, 6.45) is 3.51. The summed E-state index contributed by atoms with van der Waals surface area (Å²) in [7, 11) is 0. The number of aromatic nitrogens is 1. The third kappa shape index (κ3) is 2.14. The number of nitrogens with zero attached hydrogens (tertiary/aromatic N) is 1. The highest BCUT2D eigenvalue weighted by Crippen LogP contribution is 2.21. The van der Waals surface area contributed by atoms with Crippen LogP contribution in [0.5, 0.6) is 0 Å². The number of hydrogen-bond donors (Lipinski definition) is 1. The molecule has 0 saturated carbocycles. The Kier molecular flexibility index (Phi) is 3.07. The first-order valence-electron chi connectivity index (χ1n) is 6.42. The number of pyridine rings is 1. The molecule has 18 heavy (non-hydrogen) atoms. The zero-order valence-electron chi connectivity index (χ0n) is 10.2. The Morgan fingerprint density at radius 2 is 2.28 bits per heavy atom. The lowest BCUT2D eigenvalue weighted by atomic mass is 9.95. The van der Waals surface area contributed by atoms with Gasteiger partial charge in [0, 0.05) is 23.6 Å². The molecule has 0 aliphatic carbocycles. The van der Waals surface area contributed by atoms with Crippen LogP contribution < -0.4 is 5.32 Å². The fourth-order valence-electron chi connectivity index (χ4n) is 2.61. The monoisotopic (exact) mass is 240 g/mol. The van der Waals surface area contributed by atoms with E-state index in [-0.39, 0.29) is 5.78 Å². The number of nitrogens with one attached hydrogen (secondary N) is 1. The lowest BCUT2D eigenvalue weighted by Crippen LogP contribution is -2.13. The summed E-state index contributed by atoms with van der Waals surface area (Å²) in [5.74, 6) is 0.728. The number of Topliss-reactive ketones (excluding diaryl/α,β-unsaturated/α-hetero) is 1. The first kappa shape index (κ1) is 11.4. The van der Waals surface area contributed by atoms with Crippen molar-refractivity contribution in [3.63, 3.8) is 0 Å². The van der Waals surface area contributed by atoms with Crippen molar-refractivity contribution in [2.24, 2.45) is 5.92 Å². The zero-order chi connectivity index (χ0) is 12.4. The number of rotatable bonds is 3. The molecule has 1 fully saturated rings. The number of ketones is 1. The van der Waals surface area contributed by atoms with Crippen LogP contribution in [0.25, 0.3) is 10.9 Å². The highest BCUT2D eigenvalue weighted by Gasteiger charge is 2.19. The van der Waals surface area contributed by atoms with Gasteiger partial charge in [-0.2, -0.15) is 0 Å². The van der Waals surface area contributed by atoms with Crippen LogP contribution in [0.1, 0.15) is 23.2 Å². The van der Waals surface area contributed by atoms with E-state index in [4.69, 9.17) is 0 Å². The van der Waals surface area contributed by atoms with Gasteiger partial charge in [0.15, 0.2) is 5.78 Å². The fraction of sp³-hybridized carbons (Fsp3) is 0.333. The van der Waals surface area contributed by atoms with Crippen molar-refractivity contribution in [2.45, 2.75) is 12.8 Å². The smallest absolute Gasteiger partial charge is 0.163 e. The predicted octanol–water partition coefficient (Wildman–Crippen LogP) is 2.42. The molecule has 1 saturated heterocycles. The van der Waals surface area contributed by atoms with E-state index in [0.717, 1.165) is 36.0 Å². The Balaban J connectivity index is 1.91. The van der Waals surface area contributed by atoms with Gasteiger partial charge >= 0.3 is 0 Å². The zero-order valence-corrected chi connectivity index (χ0v) is 10.2. The summed E-state index contributed by atoms with van der Waals surface area (Å²) in [6.45, 7) is 2.00. The minimum absolute atomic E-state index is 0.238. The van der Waals surface area contributed by atoms with Crippen molar-refractivity contribution >= 4 is 16.7 Å². The standard InChI is InChI=1S/C15H16N2O/c18-15(9-11-6-8-16-10-11)13-3-1-5-14-12(13)4-2-7-17-14/h1-5,7,11,16H,6,8-10H2. The van der Waals surface area contributed by atoms with Crippen LogP contribution in [-0.4, -0.2) is 23.9 Å². The highest BCUT2D eigenvalue weighted by molar-refractivity contribution is 6.07. The molecule has 0 bridgehead atoms. The molecule has 92 valence electrons. The van der Waals surface area contributed by atoms with Crippen LogP contribution in [0, 0.1) is 5.92 Å². The van der Waals surface area contributed by atoms with E-state index in [9.17, 15) is 4.79 Å². The van der Waals surface area contributed by atoms with Gasteiger partial charge in [0.05, 0.1) is 5.52 Å². The second-order valence-electron chi connectivity index (χ2n) is 4.86. The van der Waals surface area contributed by atoms with Crippen molar-refractivity contribution in [3.05, 3.63) is 42.1 Å². The molecule has 0 spiro atoms. The van der Waals surface area contributed by atoms with Crippen LogP contribution in [0.2, 0.25) is 0 Å². The van der Waals surface area contributed by atoms with Crippen LogP contribution in [0.4, 0.5) is 0 Å². The molecule has 1 atom stereocenters. The number of carbonyl (C=O) groups is 1. The van der Waals surface area contributed by atoms with Gasteiger partial charge in [0.1, 0.15) is 0 Å². The number of fused-ring (bicyclic) bond motifs is 1. The molecule has 3 nitrogen and oxygen atoms in total. The molecule has 1 aromatic carbocycles. The molecule has 0 radical (unpaired) electrons.